The van der Waals surface area contributed by atoms with Crippen LogP contribution in [0.1, 0.15) is 43.7 Å². The molecule has 1 aromatic rings. The molecular formula is C18H26N2O3. The molecule has 1 aromatic carbocycles. The number of hydrogen-bond donors (Lipinski definition) is 1. The highest BCUT2D eigenvalue weighted by molar-refractivity contribution is 5.94. The van der Waals surface area contributed by atoms with Crippen LogP contribution in [0.5, 0.6) is 0 Å². The van der Waals surface area contributed by atoms with E-state index in [4.69, 9.17) is 4.74 Å². The van der Waals surface area contributed by atoms with E-state index in [1.54, 1.807) is 4.90 Å². The molecular weight excluding hydrogens is 292 g/mol. The Morgan fingerprint density at radius 1 is 1.35 bits per heavy atom. The first-order valence-corrected chi connectivity index (χ1v) is 8.17. The number of carbonyl (C=O) groups excluding carboxylic acids is 2. The van der Waals surface area contributed by atoms with Crippen LogP contribution in [-0.4, -0.2) is 37.1 Å². The minimum atomic E-state index is -0.360. The fourth-order valence-corrected chi connectivity index (χ4v) is 3.05. The van der Waals surface area contributed by atoms with Gasteiger partial charge in [0.15, 0.2) is 0 Å². The van der Waals surface area contributed by atoms with Crippen LogP contribution in [0.4, 0.5) is 10.5 Å². The van der Waals surface area contributed by atoms with Crippen molar-refractivity contribution in [2.45, 2.75) is 39.5 Å². The molecule has 23 heavy (non-hydrogen) atoms. The first-order valence-electron chi connectivity index (χ1n) is 8.17. The third-order valence-corrected chi connectivity index (χ3v) is 4.40. The molecule has 5 heteroatoms. The molecule has 1 aliphatic heterocycles. The molecule has 126 valence electrons. The monoisotopic (exact) mass is 318 g/mol. The second-order valence-electron chi connectivity index (χ2n) is 6.44. The number of rotatable bonds is 3. The maximum absolute atomic E-state index is 12.7. The van der Waals surface area contributed by atoms with Gasteiger partial charge in [0, 0.05) is 18.8 Å². The molecule has 0 radical (unpaired) electrons. The molecule has 1 unspecified atom stereocenters. The largest absolute Gasteiger partial charge is 0.453 e. The number of aryl methyl sites for hydroxylation is 1. The Balaban J connectivity index is 2.12. The first kappa shape index (κ1) is 17.3. The lowest BCUT2D eigenvalue weighted by molar-refractivity contribution is -0.121. The fraction of sp³-hybridized carbons (Fsp3) is 0.556. The number of nitrogens with one attached hydrogen (secondary N) is 1. The lowest BCUT2D eigenvalue weighted by Gasteiger charge is -2.31. The van der Waals surface area contributed by atoms with Crippen LogP contribution in [0.2, 0.25) is 0 Å². The van der Waals surface area contributed by atoms with Crippen LogP contribution in [0.3, 0.4) is 0 Å². The number of anilines is 1. The standard InChI is InChI=1S/C18H26N2O3/c1-12(2)15-9-5-7-13(3)16(15)19-17(21)14-8-6-10-20(11-14)18(22)23-4/h5,7,9,12,14H,6,8,10-11H2,1-4H3,(H,19,21). The molecule has 0 aromatic heterocycles. The van der Waals surface area contributed by atoms with Gasteiger partial charge in [0.25, 0.3) is 0 Å². The summed E-state index contributed by atoms with van der Waals surface area (Å²) in [5.41, 5.74) is 3.10. The van der Waals surface area contributed by atoms with E-state index < -0.39 is 0 Å². The quantitative estimate of drug-likeness (QED) is 0.927. The van der Waals surface area contributed by atoms with Gasteiger partial charge in [0.1, 0.15) is 0 Å². The van der Waals surface area contributed by atoms with Gasteiger partial charge in [-0.15, -0.1) is 0 Å². The first-order chi connectivity index (χ1) is 10.9. The minimum Gasteiger partial charge on any atom is -0.453 e. The van der Waals surface area contributed by atoms with Crippen LogP contribution >= 0.6 is 0 Å². The Bertz CT molecular complexity index is 584. The van der Waals surface area contributed by atoms with Gasteiger partial charge in [-0.05, 0) is 36.8 Å². The van der Waals surface area contributed by atoms with E-state index >= 15 is 0 Å². The summed E-state index contributed by atoms with van der Waals surface area (Å²) < 4.78 is 4.76. The Morgan fingerprint density at radius 3 is 2.74 bits per heavy atom. The number of benzene rings is 1. The molecule has 2 rings (SSSR count). The van der Waals surface area contributed by atoms with Gasteiger partial charge in [-0.25, -0.2) is 4.79 Å². The fourth-order valence-electron chi connectivity index (χ4n) is 3.05. The maximum Gasteiger partial charge on any atom is 0.409 e. The highest BCUT2D eigenvalue weighted by Gasteiger charge is 2.29. The van der Waals surface area contributed by atoms with Crippen molar-refractivity contribution >= 4 is 17.7 Å². The molecule has 0 aliphatic carbocycles. The lowest BCUT2D eigenvalue weighted by atomic mass is 9.95. The van der Waals surface area contributed by atoms with Crippen LogP contribution in [0, 0.1) is 12.8 Å². The van der Waals surface area contributed by atoms with Gasteiger partial charge in [-0.3, -0.25) is 4.79 Å². The number of para-hydroxylation sites is 1. The summed E-state index contributed by atoms with van der Waals surface area (Å²) in [6, 6.07) is 6.07. The molecule has 1 heterocycles. The van der Waals surface area contributed by atoms with Gasteiger partial charge in [0.2, 0.25) is 5.91 Å². The second kappa shape index (κ2) is 7.49. The molecule has 2 amide bonds. The number of methoxy groups -OCH3 is 1. The van der Waals surface area contributed by atoms with Crippen LogP contribution < -0.4 is 5.32 Å². The van der Waals surface area contributed by atoms with Crippen molar-refractivity contribution in [1.82, 2.24) is 4.90 Å². The lowest BCUT2D eigenvalue weighted by Crippen LogP contribution is -2.43. The van der Waals surface area contributed by atoms with E-state index in [0.29, 0.717) is 19.0 Å². The number of hydrogen-bond acceptors (Lipinski definition) is 3. The maximum atomic E-state index is 12.7. The smallest absolute Gasteiger partial charge is 0.409 e. The van der Waals surface area contributed by atoms with E-state index in [0.717, 1.165) is 29.7 Å². The summed E-state index contributed by atoms with van der Waals surface area (Å²) in [5, 5.41) is 3.09. The molecule has 0 spiro atoms. The van der Waals surface area contributed by atoms with E-state index in [-0.39, 0.29) is 17.9 Å². The Kier molecular flexibility index (Phi) is 5.64. The predicted octanol–water partition coefficient (Wildman–Crippen LogP) is 3.54. The molecule has 1 saturated heterocycles. The SMILES string of the molecule is COC(=O)N1CCCC(C(=O)Nc2c(C)cccc2C(C)C)C1. The average Bonchev–Trinajstić information content (AvgIpc) is 2.55. The Labute approximate surface area is 138 Å². The molecule has 1 N–H and O–H groups in total. The van der Waals surface area contributed by atoms with Crippen molar-refractivity contribution in [3.63, 3.8) is 0 Å². The number of piperidine rings is 1. The summed E-state index contributed by atoms with van der Waals surface area (Å²) in [6.45, 7) is 7.30. The predicted molar refractivity (Wildman–Crippen MR) is 90.6 cm³/mol. The Hall–Kier alpha value is -2.04. The van der Waals surface area contributed by atoms with Crippen molar-refractivity contribution in [3.05, 3.63) is 29.3 Å². The molecule has 5 nitrogen and oxygen atoms in total. The number of ether oxygens (including phenoxy) is 1. The van der Waals surface area contributed by atoms with Gasteiger partial charge in [-0.2, -0.15) is 0 Å². The minimum absolute atomic E-state index is 0.0187. The number of amides is 2. The molecule has 1 fully saturated rings. The van der Waals surface area contributed by atoms with Crippen LogP contribution in [0.15, 0.2) is 18.2 Å². The van der Waals surface area contributed by atoms with E-state index in [1.165, 1.54) is 7.11 Å². The van der Waals surface area contributed by atoms with Crippen LogP contribution in [-0.2, 0) is 9.53 Å². The van der Waals surface area contributed by atoms with Gasteiger partial charge in [0.05, 0.1) is 13.0 Å². The molecule has 0 bridgehead atoms. The van der Waals surface area contributed by atoms with E-state index in [1.807, 2.05) is 19.1 Å². The van der Waals surface area contributed by atoms with E-state index in [2.05, 4.69) is 25.2 Å². The topological polar surface area (TPSA) is 58.6 Å². The normalized spacial score (nSPS) is 18.0. The molecule has 1 atom stereocenters. The van der Waals surface area contributed by atoms with Crippen molar-refractivity contribution < 1.29 is 14.3 Å². The highest BCUT2D eigenvalue weighted by atomic mass is 16.5. The van der Waals surface area contributed by atoms with Crippen molar-refractivity contribution in [2.24, 2.45) is 5.92 Å². The Morgan fingerprint density at radius 2 is 2.09 bits per heavy atom. The van der Waals surface area contributed by atoms with E-state index in [9.17, 15) is 9.59 Å². The zero-order valence-corrected chi connectivity index (χ0v) is 14.4. The van der Waals surface area contributed by atoms with Crippen molar-refractivity contribution in [1.29, 1.82) is 0 Å². The number of carbonyl (C=O) groups is 2. The molecule has 1 aliphatic rings. The van der Waals surface area contributed by atoms with Crippen LogP contribution in [0.25, 0.3) is 0 Å². The summed E-state index contributed by atoms with van der Waals surface area (Å²) >= 11 is 0. The number of likely N-dealkylation sites (tertiary alicyclic amines) is 1. The zero-order valence-electron chi connectivity index (χ0n) is 14.4. The second-order valence-corrected chi connectivity index (χ2v) is 6.44. The summed E-state index contributed by atoms with van der Waals surface area (Å²) in [7, 11) is 1.37. The third-order valence-electron chi connectivity index (χ3n) is 4.40. The van der Waals surface area contributed by atoms with Gasteiger partial charge in [-0.1, -0.05) is 32.0 Å². The highest BCUT2D eigenvalue weighted by Crippen LogP contribution is 2.28. The van der Waals surface area contributed by atoms with Gasteiger partial charge < -0.3 is 15.0 Å². The summed E-state index contributed by atoms with van der Waals surface area (Å²) in [6.07, 6.45) is 1.25. The van der Waals surface area contributed by atoms with Crippen molar-refractivity contribution in [2.75, 3.05) is 25.5 Å². The summed E-state index contributed by atoms with van der Waals surface area (Å²) in [5.74, 6) is 0.125. The zero-order chi connectivity index (χ0) is 17.0. The number of nitrogens with zero attached hydrogens (tertiary/aromatic N) is 1. The third kappa shape index (κ3) is 4.03. The summed E-state index contributed by atoms with van der Waals surface area (Å²) in [4.78, 5) is 25.9. The average molecular weight is 318 g/mol. The molecule has 0 saturated carbocycles. The van der Waals surface area contributed by atoms with Crippen molar-refractivity contribution in [3.8, 4) is 0 Å². The van der Waals surface area contributed by atoms with Gasteiger partial charge >= 0.3 is 6.09 Å².